The molecule has 1 aliphatic heterocycles. The predicted molar refractivity (Wildman–Crippen MR) is 64.7 cm³/mol. The van der Waals surface area contributed by atoms with Crippen LogP contribution in [0.1, 0.15) is 33.1 Å². The molecule has 1 aromatic heterocycles. The molecule has 0 saturated carbocycles. The van der Waals surface area contributed by atoms with Crippen molar-refractivity contribution in [2.45, 2.75) is 39.2 Å². The van der Waals surface area contributed by atoms with Crippen LogP contribution in [0.3, 0.4) is 0 Å². The lowest BCUT2D eigenvalue weighted by Crippen LogP contribution is -2.30. The molecular formula is C10H16ClN3S. The largest absolute Gasteiger partial charge is 0.350 e. The standard InChI is InChI=1S/C10H16ClN3S/c1-7(2)6-8-4-3-5-14(8)10-9(11)12-15-13-10/h7-8H,3-6H2,1-2H3. The van der Waals surface area contributed by atoms with Gasteiger partial charge in [-0.05, 0) is 25.2 Å². The third-order valence-corrected chi connectivity index (χ3v) is 3.70. The Labute approximate surface area is 99.8 Å². The first kappa shape index (κ1) is 11.1. The number of hydrogen-bond acceptors (Lipinski definition) is 4. The normalized spacial score (nSPS) is 21.6. The van der Waals surface area contributed by atoms with Gasteiger partial charge in [0.2, 0.25) is 0 Å². The monoisotopic (exact) mass is 245 g/mol. The maximum atomic E-state index is 6.02. The number of hydrogen-bond donors (Lipinski definition) is 0. The molecule has 0 amide bonds. The van der Waals surface area contributed by atoms with Crippen molar-refractivity contribution < 1.29 is 0 Å². The molecule has 5 heteroatoms. The van der Waals surface area contributed by atoms with Crippen molar-refractivity contribution >= 4 is 29.1 Å². The number of aromatic nitrogens is 2. The smallest absolute Gasteiger partial charge is 0.187 e. The van der Waals surface area contributed by atoms with Crippen molar-refractivity contribution in [3.05, 3.63) is 5.15 Å². The van der Waals surface area contributed by atoms with E-state index in [4.69, 9.17) is 11.6 Å². The van der Waals surface area contributed by atoms with Crippen LogP contribution < -0.4 is 4.90 Å². The van der Waals surface area contributed by atoms with Gasteiger partial charge in [0.15, 0.2) is 11.0 Å². The van der Waals surface area contributed by atoms with E-state index >= 15 is 0 Å². The summed E-state index contributed by atoms with van der Waals surface area (Å²) < 4.78 is 8.31. The van der Waals surface area contributed by atoms with E-state index in [9.17, 15) is 0 Å². The fraction of sp³-hybridized carbons (Fsp3) is 0.800. The van der Waals surface area contributed by atoms with Crippen LogP contribution in [0.15, 0.2) is 0 Å². The van der Waals surface area contributed by atoms with E-state index in [-0.39, 0.29) is 0 Å². The van der Waals surface area contributed by atoms with Crippen molar-refractivity contribution in [3.63, 3.8) is 0 Å². The van der Waals surface area contributed by atoms with Crippen LogP contribution in [0.4, 0.5) is 5.82 Å². The first-order valence-electron chi connectivity index (χ1n) is 5.43. The summed E-state index contributed by atoms with van der Waals surface area (Å²) in [6.07, 6.45) is 3.71. The van der Waals surface area contributed by atoms with Crippen LogP contribution in [0.25, 0.3) is 0 Å². The molecule has 0 radical (unpaired) electrons. The molecule has 15 heavy (non-hydrogen) atoms. The van der Waals surface area contributed by atoms with Gasteiger partial charge in [-0.2, -0.15) is 8.75 Å². The SMILES string of the molecule is CC(C)CC1CCCN1c1nsnc1Cl. The summed E-state index contributed by atoms with van der Waals surface area (Å²) in [5, 5.41) is 0.565. The summed E-state index contributed by atoms with van der Waals surface area (Å²) >= 11 is 7.22. The van der Waals surface area contributed by atoms with Gasteiger partial charge in [-0.1, -0.05) is 25.4 Å². The van der Waals surface area contributed by atoms with Gasteiger partial charge in [-0.25, -0.2) is 0 Å². The molecule has 3 nitrogen and oxygen atoms in total. The van der Waals surface area contributed by atoms with E-state index in [0.29, 0.717) is 11.2 Å². The summed E-state index contributed by atoms with van der Waals surface area (Å²) in [6.45, 7) is 5.59. The fourth-order valence-corrected chi connectivity index (χ4v) is 3.00. The second-order valence-corrected chi connectivity index (χ2v) is 5.38. The zero-order chi connectivity index (χ0) is 10.8. The van der Waals surface area contributed by atoms with Crippen molar-refractivity contribution in [2.75, 3.05) is 11.4 Å². The summed E-state index contributed by atoms with van der Waals surface area (Å²) in [5.41, 5.74) is 0. The quantitative estimate of drug-likeness (QED) is 0.819. The second-order valence-electron chi connectivity index (χ2n) is 4.50. The van der Waals surface area contributed by atoms with Crippen LogP contribution in [-0.2, 0) is 0 Å². The molecule has 0 bridgehead atoms. The Morgan fingerprint density at radius 1 is 1.53 bits per heavy atom. The highest BCUT2D eigenvalue weighted by atomic mass is 35.5. The van der Waals surface area contributed by atoms with Crippen molar-refractivity contribution in [2.24, 2.45) is 5.92 Å². The Kier molecular flexibility index (Phi) is 3.46. The van der Waals surface area contributed by atoms with E-state index in [1.165, 1.54) is 31.0 Å². The molecular weight excluding hydrogens is 230 g/mol. The highest BCUT2D eigenvalue weighted by Crippen LogP contribution is 2.32. The van der Waals surface area contributed by atoms with Crippen LogP contribution in [0.5, 0.6) is 0 Å². The average molecular weight is 246 g/mol. The van der Waals surface area contributed by atoms with E-state index < -0.39 is 0 Å². The molecule has 1 aromatic rings. The molecule has 0 spiro atoms. The topological polar surface area (TPSA) is 29.0 Å². The molecule has 1 atom stereocenters. The van der Waals surface area contributed by atoms with Gasteiger partial charge >= 0.3 is 0 Å². The van der Waals surface area contributed by atoms with Crippen molar-refractivity contribution in [1.29, 1.82) is 0 Å². The lowest BCUT2D eigenvalue weighted by atomic mass is 10.0. The Balaban J connectivity index is 2.11. The highest BCUT2D eigenvalue weighted by molar-refractivity contribution is 6.99. The summed E-state index contributed by atoms with van der Waals surface area (Å²) in [4.78, 5) is 2.33. The maximum Gasteiger partial charge on any atom is 0.187 e. The Hall–Kier alpha value is -0.350. The molecule has 0 N–H and O–H groups in total. The molecule has 2 rings (SSSR count). The van der Waals surface area contributed by atoms with E-state index in [1.54, 1.807) is 0 Å². The molecule has 1 aliphatic rings. The van der Waals surface area contributed by atoms with Gasteiger partial charge in [0.05, 0.1) is 11.7 Å². The molecule has 1 unspecified atom stereocenters. The molecule has 0 aliphatic carbocycles. The van der Waals surface area contributed by atoms with Crippen LogP contribution >= 0.6 is 23.3 Å². The minimum atomic E-state index is 0.565. The fourth-order valence-electron chi connectivity index (χ4n) is 2.25. The molecule has 2 heterocycles. The Morgan fingerprint density at radius 3 is 2.93 bits per heavy atom. The number of halogens is 1. The maximum absolute atomic E-state index is 6.02. The number of rotatable bonds is 3. The van der Waals surface area contributed by atoms with Gasteiger partial charge in [0, 0.05) is 12.6 Å². The molecule has 1 saturated heterocycles. The summed E-state index contributed by atoms with van der Waals surface area (Å²) in [5.74, 6) is 1.62. The minimum absolute atomic E-state index is 0.565. The minimum Gasteiger partial charge on any atom is -0.350 e. The number of anilines is 1. The van der Waals surface area contributed by atoms with E-state index in [2.05, 4.69) is 27.5 Å². The third-order valence-electron chi connectivity index (χ3n) is 2.83. The zero-order valence-corrected chi connectivity index (χ0v) is 10.7. The third kappa shape index (κ3) is 2.42. The zero-order valence-electron chi connectivity index (χ0n) is 9.11. The molecule has 1 fully saturated rings. The highest BCUT2D eigenvalue weighted by Gasteiger charge is 2.28. The summed E-state index contributed by atoms with van der Waals surface area (Å²) in [6, 6.07) is 0.603. The summed E-state index contributed by atoms with van der Waals surface area (Å²) in [7, 11) is 0. The Morgan fingerprint density at radius 2 is 2.33 bits per heavy atom. The van der Waals surface area contributed by atoms with Crippen molar-refractivity contribution in [3.8, 4) is 0 Å². The van der Waals surface area contributed by atoms with Gasteiger partial charge in [-0.15, -0.1) is 0 Å². The van der Waals surface area contributed by atoms with Gasteiger partial charge < -0.3 is 4.90 Å². The molecule has 84 valence electrons. The van der Waals surface area contributed by atoms with Gasteiger partial charge in [0.1, 0.15) is 0 Å². The van der Waals surface area contributed by atoms with Gasteiger partial charge in [-0.3, -0.25) is 0 Å². The Bertz CT molecular complexity index is 326. The lowest BCUT2D eigenvalue weighted by molar-refractivity contribution is 0.493. The predicted octanol–water partition coefficient (Wildman–Crippen LogP) is 3.21. The first-order valence-corrected chi connectivity index (χ1v) is 6.54. The number of nitrogens with zero attached hydrogens (tertiary/aromatic N) is 3. The van der Waals surface area contributed by atoms with Crippen LogP contribution in [0.2, 0.25) is 5.15 Å². The second kappa shape index (κ2) is 4.66. The first-order chi connectivity index (χ1) is 7.18. The average Bonchev–Trinajstić information content (AvgIpc) is 2.73. The van der Waals surface area contributed by atoms with Gasteiger partial charge in [0.25, 0.3) is 0 Å². The van der Waals surface area contributed by atoms with E-state index in [1.807, 2.05) is 0 Å². The van der Waals surface area contributed by atoms with E-state index in [0.717, 1.165) is 18.3 Å². The molecule has 0 aromatic carbocycles. The van der Waals surface area contributed by atoms with Crippen LogP contribution in [0, 0.1) is 5.92 Å². The van der Waals surface area contributed by atoms with Crippen molar-refractivity contribution in [1.82, 2.24) is 8.75 Å². The van der Waals surface area contributed by atoms with Crippen LogP contribution in [-0.4, -0.2) is 21.3 Å². The lowest BCUT2D eigenvalue weighted by Gasteiger charge is -2.25.